The summed E-state index contributed by atoms with van der Waals surface area (Å²) in [5.74, 6) is 0.926. The number of imidazole rings is 2. The molecule has 0 saturated carbocycles. The Morgan fingerprint density at radius 1 is 1.00 bits per heavy atom. The summed E-state index contributed by atoms with van der Waals surface area (Å²) in [7, 11) is 0. The van der Waals surface area contributed by atoms with Crippen LogP contribution in [0.5, 0.6) is 0 Å². The van der Waals surface area contributed by atoms with Crippen molar-refractivity contribution in [3.8, 4) is 11.3 Å². The Morgan fingerprint density at radius 3 is 2.48 bits per heavy atom. The highest BCUT2D eigenvalue weighted by molar-refractivity contribution is 5.82. The fourth-order valence-corrected chi connectivity index (χ4v) is 3.05. The van der Waals surface area contributed by atoms with Crippen LogP contribution >= 0.6 is 0 Å². The Bertz CT molecular complexity index is 964. The highest BCUT2D eigenvalue weighted by atomic mass is 16.3. The van der Waals surface area contributed by atoms with Crippen LogP contribution in [0.3, 0.4) is 0 Å². The van der Waals surface area contributed by atoms with Crippen LogP contribution in [0.2, 0.25) is 0 Å². The van der Waals surface area contributed by atoms with E-state index in [1.54, 1.807) is 0 Å². The van der Waals surface area contributed by atoms with Crippen molar-refractivity contribution in [1.82, 2.24) is 14.0 Å². The molecule has 4 heteroatoms. The average Bonchev–Trinajstić information content (AvgIpc) is 3.12. The van der Waals surface area contributed by atoms with E-state index in [9.17, 15) is 5.11 Å². The Hall–Kier alpha value is -2.59. The Morgan fingerprint density at radius 2 is 1.74 bits per heavy atom. The average molecular weight is 305 g/mol. The molecule has 0 fully saturated rings. The Kier molecular flexibility index (Phi) is 3.39. The smallest absolute Gasteiger partial charge is 0.215 e. The van der Waals surface area contributed by atoms with E-state index in [0.29, 0.717) is 0 Å². The predicted molar refractivity (Wildman–Crippen MR) is 92.6 cm³/mol. The van der Waals surface area contributed by atoms with Gasteiger partial charge in [0.2, 0.25) is 5.78 Å². The standard InChI is InChI=1S/C19H19N3O/c1-14-7-9-15(10-8-14)16-13-22-18-6-3-2-5-17(18)21(11-4-12-23)19(22)20-16/h2-3,5-10,13,23H,4,11-12H2,1H3. The van der Waals surface area contributed by atoms with Crippen molar-refractivity contribution in [2.45, 2.75) is 19.9 Å². The zero-order chi connectivity index (χ0) is 15.8. The molecule has 4 nitrogen and oxygen atoms in total. The molecule has 0 radical (unpaired) electrons. The Labute approximate surface area is 134 Å². The fourth-order valence-electron chi connectivity index (χ4n) is 3.05. The van der Waals surface area contributed by atoms with E-state index in [1.165, 1.54) is 5.56 Å². The van der Waals surface area contributed by atoms with Crippen molar-refractivity contribution in [2.75, 3.05) is 6.61 Å². The van der Waals surface area contributed by atoms with Crippen LogP contribution in [0.15, 0.2) is 54.7 Å². The maximum absolute atomic E-state index is 9.18. The summed E-state index contributed by atoms with van der Waals surface area (Å²) in [5, 5.41) is 9.18. The van der Waals surface area contributed by atoms with Gasteiger partial charge < -0.3 is 9.67 Å². The van der Waals surface area contributed by atoms with Gasteiger partial charge in [-0.05, 0) is 25.5 Å². The van der Waals surface area contributed by atoms with Crippen LogP contribution in [0.1, 0.15) is 12.0 Å². The quantitative estimate of drug-likeness (QED) is 0.625. The van der Waals surface area contributed by atoms with Crippen LogP contribution in [-0.4, -0.2) is 25.7 Å². The molecule has 116 valence electrons. The van der Waals surface area contributed by atoms with Crippen molar-refractivity contribution in [3.05, 3.63) is 60.3 Å². The molecule has 0 spiro atoms. The maximum Gasteiger partial charge on any atom is 0.215 e. The summed E-state index contributed by atoms with van der Waals surface area (Å²) in [6.45, 7) is 3.03. The van der Waals surface area contributed by atoms with Crippen LogP contribution in [-0.2, 0) is 6.54 Å². The number of aromatic nitrogens is 3. The second-order valence-electron chi connectivity index (χ2n) is 5.88. The third kappa shape index (κ3) is 2.32. The molecule has 4 aromatic rings. The van der Waals surface area contributed by atoms with E-state index < -0.39 is 0 Å². The second kappa shape index (κ2) is 5.56. The summed E-state index contributed by atoms with van der Waals surface area (Å²) < 4.78 is 4.32. The lowest BCUT2D eigenvalue weighted by Crippen LogP contribution is -2.00. The normalized spacial score (nSPS) is 11.6. The van der Waals surface area contributed by atoms with Gasteiger partial charge in [-0.25, -0.2) is 4.98 Å². The summed E-state index contributed by atoms with van der Waals surface area (Å²) in [4.78, 5) is 4.85. The molecule has 2 aromatic carbocycles. The molecule has 0 atom stereocenters. The number of para-hydroxylation sites is 2. The van der Waals surface area contributed by atoms with E-state index in [4.69, 9.17) is 4.98 Å². The van der Waals surface area contributed by atoms with E-state index in [2.05, 4.69) is 58.5 Å². The lowest BCUT2D eigenvalue weighted by Gasteiger charge is -2.03. The lowest BCUT2D eigenvalue weighted by atomic mass is 10.1. The second-order valence-corrected chi connectivity index (χ2v) is 5.88. The molecule has 1 N–H and O–H groups in total. The van der Waals surface area contributed by atoms with Gasteiger partial charge in [-0.2, -0.15) is 0 Å². The van der Waals surface area contributed by atoms with Crippen LogP contribution in [0, 0.1) is 6.92 Å². The summed E-state index contributed by atoms with van der Waals surface area (Å²) in [6.07, 6.45) is 2.82. The molecule has 0 saturated heterocycles. The molecule has 4 rings (SSSR count). The minimum Gasteiger partial charge on any atom is -0.396 e. The van der Waals surface area contributed by atoms with Gasteiger partial charge in [0, 0.05) is 24.9 Å². The number of nitrogens with zero attached hydrogens (tertiary/aromatic N) is 3. The maximum atomic E-state index is 9.18. The van der Waals surface area contributed by atoms with E-state index in [1.807, 2.05) is 12.1 Å². The van der Waals surface area contributed by atoms with Crippen molar-refractivity contribution in [1.29, 1.82) is 0 Å². The fraction of sp³-hybridized carbons (Fsp3) is 0.211. The minimum atomic E-state index is 0.185. The van der Waals surface area contributed by atoms with Gasteiger partial charge in [0.15, 0.2) is 0 Å². The largest absolute Gasteiger partial charge is 0.396 e. The monoisotopic (exact) mass is 305 g/mol. The van der Waals surface area contributed by atoms with Crippen molar-refractivity contribution in [2.24, 2.45) is 0 Å². The topological polar surface area (TPSA) is 42.5 Å². The third-order valence-electron chi connectivity index (χ3n) is 4.25. The Balaban J connectivity index is 1.92. The molecular weight excluding hydrogens is 286 g/mol. The van der Waals surface area contributed by atoms with Crippen LogP contribution in [0.4, 0.5) is 0 Å². The number of benzene rings is 2. The van der Waals surface area contributed by atoms with E-state index in [-0.39, 0.29) is 6.61 Å². The van der Waals surface area contributed by atoms with Gasteiger partial charge in [-0.1, -0.05) is 42.0 Å². The van der Waals surface area contributed by atoms with Gasteiger partial charge in [-0.3, -0.25) is 4.40 Å². The first kappa shape index (κ1) is 14.0. The molecule has 0 unspecified atom stereocenters. The first-order chi connectivity index (χ1) is 11.3. The molecular formula is C19H19N3O. The van der Waals surface area contributed by atoms with Crippen LogP contribution in [0.25, 0.3) is 28.1 Å². The number of fused-ring (bicyclic) bond motifs is 3. The van der Waals surface area contributed by atoms with Crippen LogP contribution < -0.4 is 0 Å². The zero-order valence-corrected chi connectivity index (χ0v) is 13.1. The van der Waals surface area contributed by atoms with Gasteiger partial charge >= 0.3 is 0 Å². The predicted octanol–water partition coefficient (Wildman–Crippen LogP) is 3.65. The van der Waals surface area contributed by atoms with Gasteiger partial charge in [0.25, 0.3) is 0 Å². The first-order valence-corrected chi connectivity index (χ1v) is 7.92. The molecule has 2 heterocycles. The number of aliphatic hydroxyl groups is 1. The molecule has 0 bridgehead atoms. The lowest BCUT2D eigenvalue weighted by molar-refractivity contribution is 0.281. The van der Waals surface area contributed by atoms with Crippen molar-refractivity contribution in [3.63, 3.8) is 0 Å². The van der Waals surface area contributed by atoms with Crippen molar-refractivity contribution >= 4 is 16.8 Å². The first-order valence-electron chi connectivity index (χ1n) is 7.92. The molecule has 23 heavy (non-hydrogen) atoms. The SMILES string of the molecule is Cc1ccc(-c2cn3c4ccccc4n(CCCO)c3n2)cc1. The molecule has 0 aliphatic carbocycles. The van der Waals surface area contributed by atoms with Gasteiger partial charge in [-0.15, -0.1) is 0 Å². The molecule has 2 aromatic heterocycles. The summed E-state index contributed by atoms with van der Waals surface area (Å²) in [5.41, 5.74) is 5.64. The highest BCUT2D eigenvalue weighted by Gasteiger charge is 2.14. The molecule has 0 amide bonds. The third-order valence-corrected chi connectivity index (χ3v) is 4.25. The molecule has 0 aliphatic heterocycles. The number of rotatable bonds is 4. The number of hydrogen-bond donors (Lipinski definition) is 1. The minimum absolute atomic E-state index is 0.185. The number of aliphatic hydroxyl groups excluding tert-OH is 1. The molecule has 0 aliphatic rings. The van der Waals surface area contributed by atoms with Gasteiger partial charge in [0.05, 0.1) is 16.7 Å². The van der Waals surface area contributed by atoms with E-state index >= 15 is 0 Å². The van der Waals surface area contributed by atoms with Gasteiger partial charge in [0.1, 0.15) is 0 Å². The summed E-state index contributed by atoms with van der Waals surface area (Å²) >= 11 is 0. The highest BCUT2D eigenvalue weighted by Crippen LogP contribution is 2.26. The van der Waals surface area contributed by atoms with E-state index in [0.717, 1.165) is 41.0 Å². The summed E-state index contributed by atoms with van der Waals surface area (Å²) in [6, 6.07) is 16.7. The zero-order valence-electron chi connectivity index (χ0n) is 13.1. The number of aryl methyl sites for hydroxylation is 2. The number of hydrogen-bond acceptors (Lipinski definition) is 2. The van der Waals surface area contributed by atoms with Crippen molar-refractivity contribution < 1.29 is 5.11 Å².